The molecule has 0 saturated heterocycles. The number of hydrogen-bond donors (Lipinski definition) is 3. The topological polar surface area (TPSA) is 237 Å². The van der Waals surface area contributed by atoms with Crippen LogP contribution in [0.1, 0.15) is 336 Å². The molecule has 0 fully saturated rings. The summed E-state index contributed by atoms with van der Waals surface area (Å²) in [5.41, 5.74) is 0. The van der Waals surface area contributed by atoms with Crippen molar-refractivity contribution >= 4 is 39.5 Å². The van der Waals surface area contributed by atoms with Crippen molar-refractivity contribution in [1.29, 1.82) is 0 Å². The number of esters is 4. The standard InChI is InChI=1S/C83H144O17P2/c1-5-9-13-17-21-25-29-33-37-38-42-44-48-52-56-60-64-68-81(86)94-74-79(100-83(88)70-66-62-58-54-50-46-41-36-32-28-24-20-16-12-8-4)76-98-102(91,92)96-72-77(84)71-95-101(89,90)97-75-78(99-82(87)69-65-61-57-53-49-45-40-35-31-27-23-19-15-11-7-3)73-93-80(85)67-63-59-55-51-47-43-39-34-30-26-22-18-14-10-6-2/h21,24-26,28,30,33-37,39-42,44,52,56,77-79,84H,5-20,22-23,27,29,31-32,38,43,45-51,53-55,57-76H2,1-4H3,(H,89,90)(H,91,92)/b25-21-,28-24-,30-26-,37-33-,39-34-,40-35-,41-36-,44-42-,56-52-/t77-,78+,79+/m0/s1. The van der Waals surface area contributed by atoms with E-state index in [0.717, 1.165) is 148 Å². The van der Waals surface area contributed by atoms with Crippen LogP contribution in [0, 0.1) is 0 Å². The smallest absolute Gasteiger partial charge is 0.462 e. The average Bonchev–Trinajstić information content (AvgIpc) is 0.923. The number of rotatable bonds is 75. The van der Waals surface area contributed by atoms with Crippen LogP contribution < -0.4 is 0 Å². The second kappa shape index (κ2) is 75.0. The zero-order valence-corrected chi connectivity index (χ0v) is 66.0. The number of ether oxygens (including phenoxy) is 4. The van der Waals surface area contributed by atoms with Gasteiger partial charge >= 0.3 is 39.5 Å². The number of aliphatic hydroxyl groups excluding tert-OH is 1. The first-order valence-corrected chi connectivity index (χ1v) is 43.1. The molecule has 0 heterocycles. The van der Waals surface area contributed by atoms with Gasteiger partial charge in [-0.25, -0.2) is 9.13 Å². The quantitative estimate of drug-likeness (QED) is 0.0128. The molecule has 5 atom stereocenters. The second-order valence-electron chi connectivity index (χ2n) is 26.7. The van der Waals surface area contributed by atoms with Crippen molar-refractivity contribution in [2.75, 3.05) is 39.6 Å². The van der Waals surface area contributed by atoms with Crippen molar-refractivity contribution in [1.82, 2.24) is 0 Å². The van der Waals surface area contributed by atoms with E-state index in [-0.39, 0.29) is 25.7 Å². The van der Waals surface area contributed by atoms with Crippen molar-refractivity contribution in [2.45, 2.75) is 354 Å². The van der Waals surface area contributed by atoms with Crippen molar-refractivity contribution < 1.29 is 80.2 Å². The first-order valence-electron chi connectivity index (χ1n) is 40.1. The number of phosphoric ester groups is 2. The molecule has 0 aromatic carbocycles. The number of aliphatic hydroxyl groups is 1. The Hall–Kier alpha value is -4.28. The summed E-state index contributed by atoms with van der Waals surface area (Å²) in [4.78, 5) is 73.0. The molecule has 0 radical (unpaired) electrons. The van der Waals surface area contributed by atoms with E-state index in [1.165, 1.54) is 103 Å². The highest BCUT2D eigenvalue weighted by molar-refractivity contribution is 7.47. The van der Waals surface area contributed by atoms with Crippen molar-refractivity contribution in [2.24, 2.45) is 0 Å². The van der Waals surface area contributed by atoms with Gasteiger partial charge in [0.05, 0.1) is 26.4 Å². The lowest BCUT2D eigenvalue weighted by Crippen LogP contribution is -2.30. The van der Waals surface area contributed by atoms with Crippen molar-refractivity contribution in [3.05, 3.63) is 109 Å². The summed E-state index contributed by atoms with van der Waals surface area (Å²) in [6.07, 6.45) is 80.7. The third kappa shape index (κ3) is 74.0. The largest absolute Gasteiger partial charge is 0.472 e. The van der Waals surface area contributed by atoms with E-state index in [2.05, 4.69) is 125 Å². The van der Waals surface area contributed by atoms with Gasteiger partial charge in [-0.15, -0.1) is 0 Å². The lowest BCUT2D eigenvalue weighted by Gasteiger charge is -2.21. The van der Waals surface area contributed by atoms with Crippen molar-refractivity contribution in [3.8, 4) is 0 Å². The van der Waals surface area contributed by atoms with Crippen LogP contribution in [0.2, 0.25) is 0 Å². The molecule has 3 N–H and O–H groups in total. The van der Waals surface area contributed by atoms with Gasteiger partial charge in [0.1, 0.15) is 19.3 Å². The molecule has 0 amide bonds. The number of allylic oxidation sites excluding steroid dienone is 18. The zero-order chi connectivity index (χ0) is 74.6. The van der Waals surface area contributed by atoms with Gasteiger partial charge < -0.3 is 33.8 Å². The monoisotopic (exact) mass is 1470 g/mol. The Bertz CT molecular complexity index is 2360. The highest BCUT2D eigenvalue weighted by atomic mass is 31.2. The molecule has 17 nitrogen and oxygen atoms in total. The molecule has 588 valence electrons. The molecule has 2 unspecified atom stereocenters. The summed E-state index contributed by atoms with van der Waals surface area (Å²) in [7, 11) is -9.98. The van der Waals surface area contributed by atoms with Gasteiger partial charge in [0, 0.05) is 25.7 Å². The fraction of sp³-hybridized carbons (Fsp3) is 0.735. The Labute approximate surface area is 619 Å². The Kier molecular flexibility index (Phi) is 71.8. The molecule has 0 saturated carbocycles. The van der Waals surface area contributed by atoms with Crippen LogP contribution in [0.4, 0.5) is 0 Å². The Morgan fingerprint density at radius 2 is 0.520 bits per heavy atom. The van der Waals surface area contributed by atoms with Crippen LogP contribution in [0.5, 0.6) is 0 Å². The highest BCUT2D eigenvalue weighted by Gasteiger charge is 2.30. The molecule has 0 aromatic rings. The molecular weight excluding hydrogens is 1330 g/mol. The molecule has 0 aliphatic heterocycles. The minimum absolute atomic E-state index is 0.0659. The maximum Gasteiger partial charge on any atom is 0.472 e. The van der Waals surface area contributed by atoms with Crippen LogP contribution in [0.15, 0.2) is 109 Å². The summed E-state index contributed by atoms with van der Waals surface area (Å²) >= 11 is 0. The summed E-state index contributed by atoms with van der Waals surface area (Å²) in [5, 5.41) is 10.6. The van der Waals surface area contributed by atoms with E-state index in [1.807, 2.05) is 12.2 Å². The first-order chi connectivity index (χ1) is 49.7. The maximum absolute atomic E-state index is 13.1. The van der Waals surface area contributed by atoms with Gasteiger partial charge in [0.15, 0.2) is 12.2 Å². The molecule has 0 bridgehead atoms. The van der Waals surface area contributed by atoms with E-state index < -0.39 is 97.5 Å². The lowest BCUT2D eigenvalue weighted by atomic mass is 10.1. The van der Waals surface area contributed by atoms with E-state index in [1.54, 1.807) is 0 Å². The maximum atomic E-state index is 13.1. The second-order valence-corrected chi connectivity index (χ2v) is 29.6. The lowest BCUT2D eigenvalue weighted by molar-refractivity contribution is -0.161. The molecule has 0 aliphatic carbocycles. The van der Waals surface area contributed by atoms with Crippen LogP contribution in [-0.2, 0) is 65.4 Å². The molecule has 19 heteroatoms. The molecule has 0 rings (SSSR count). The predicted octanol–water partition coefficient (Wildman–Crippen LogP) is 23.3. The van der Waals surface area contributed by atoms with Gasteiger partial charge in [-0.2, -0.15) is 0 Å². The summed E-state index contributed by atoms with van der Waals surface area (Å²) < 4.78 is 68.5. The number of hydrogen-bond acceptors (Lipinski definition) is 15. The van der Waals surface area contributed by atoms with Crippen molar-refractivity contribution in [3.63, 3.8) is 0 Å². The number of unbranched alkanes of at least 4 members (excludes halogenated alkanes) is 32. The van der Waals surface area contributed by atoms with Crippen LogP contribution >= 0.6 is 15.6 Å². The molecule has 0 aromatic heterocycles. The number of carbonyl (C=O) groups excluding carboxylic acids is 4. The third-order valence-corrected chi connectivity index (χ3v) is 18.6. The average molecular weight is 1480 g/mol. The fourth-order valence-electron chi connectivity index (χ4n) is 10.5. The van der Waals surface area contributed by atoms with Gasteiger partial charge in [-0.1, -0.05) is 272 Å². The predicted molar refractivity (Wildman–Crippen MR) is 418 cm³/mol. The first kappa shape index (κ1) is 97.7. The Balaban J connectivity index is 5.43. The minimum Gasteiger partial charge on any atom is -0.462 e. The van der Waals surface area contributed by atoms with E-state index >= 15 is 0 Å². The van der Waals surface area contributed by atoms with E-state index in [4.69, 9.17) is 37.0 Å². The minimum atomic E-state index is -4.99. The number of phosphoric acid groups is 2. The normalized spacial score (nSPS) is 14.5. The van der Waals surface area contributed by atoms with E-state index in [0.29, 0.717) is 32.1 Å². The van der Waals surface area contributed by atoms with Gasteiger partial charge in [0.25, 0.3) is 0 Å². The summed E-state index contributed by atoms with van der Waals surface area (Å²) in [6, 6.07) is 0. The van der Waals surface area contributed by atoms with Crippen LogP contribution in [0.3, 0.4) is 0 Å². The van der Waals surface area contributed by atoms with Gasteiger partial charge in [0.2, 0.25) is 0 Å². The van der Waals surface area contributed by atoms with E-state index in [9.17, 15) is 43.2 Å². The molecule has 0 spiro atoms. The summed E-state index contributed by atoms with van der Waals surface area (Å²) in [6.45, 7) is 4.72. The van der Waals surface area contributed by atoms with Crippen LogP contribution in [0.25, 0.3) is 0 Å². The molecule has 0 aliphatic rings. The van der Waals surface area contributed by atoms with Gasteiger partial charge in [-0.05, 0) is 148 Å². The number of carbonyl (C=O) groups is 4. The fourth-order valence-corrected chi connectivity index (χ4v) is 12.1. The third-order valence-electron chi connectivity index (χ3n) is 16.7. The molecule has 102 heavy (non-hydrogen) atoms. The SMILES string of the molecule is CCCCC/C=C\C/C=C\C/C=C\C/C=C\CCCC(=O)OC[C@H](COP(=O)(O)OC[C@@H](O)COP(=O)(O)OC[C@@H](COC(=O)CCCCCCC/C=C\C=C/CCCCCC)OC(=O)CCCCCCC/C=C\CCCCCCCC)OC(=O)CCCCCCC/C=C\C/C=C\CCCCC. The zero-order valence-electron chi connectivity index (χ0n) is 64.3. The van der Waals surface area contributed by atoms with Gasteiger partial charge in [-0.3, -0.25) is 37.3 Å². The molecular formula is C83H144O17P2. The highest BCUT2D eigenvalue weighted by Crippen LogP contribution is 2.45. The Morgan fingerprint density at radius 1 is 0.284 bits per heavy atom. The summed E-state index contributed by atoms with van der Waals surface area (Å²) in [5.74, 6) is -2.27. The Morgan fingerprint density at radius 3 is 0.873 bits per heavy atom. The van der Waals surface area contributed by atoms with Crippen LogP contribution in [-0.4, -0.2) is 96.7 Å².